The van der Waals surface area contributed by atoms with Crippen LogP contribution in [-0.4, -0.2) is 22.8 Å². The Bertz CT molecular complexity index is 958. The van der Waals surface area contributed by atoms with Crippen LogP contribution in [0.25, 0.3) is 11.1 Å². The van der Waals surface area contributed by atoms with Gasteiger partial charge in [0.1, 0.15) is 5.75 Å². The summed E-state index contributed by atoms with van der Waals surface area (Å²) < 4.78 is 7.26. The van der Waals surface area contributed by atoms with Crippen LogP contribution in [0.3, 0.4) is 0 Å². The summed E-state index contributed by atoms with van der Waals surface area (Å²) in [4.78, 5) is 12.7. The second kappa shape index (κ2) is 7.66. The number of carbonyl (C=O) groups is 1. The smallest absolute Gasteiger partial charge is 0.251 e. The zero-order valence-corrected chi connectivity index (χ0v) is 16.4. The van der Waals surface area contributed by atoms with E-state index in [9.17, 15) is 4.79 Å². The molecule has 0 bridgehead atoms. The molecule has 0 unspecified atom stereocenters. The third-order valence-corrected chi connectivity index (χ3v) is 4.91. The number of amides is 1. The lowest BCUT2D eigenvalue weighted by Crippen LogP contribution is -2.27. The normalized spacial score (nSPS) is 11.9. The average Bonchev–Trinajstić information content (AvgIpc) is 2.93. The van der Waals surface area contributed by atoms with Gasteiger partial charge >= 0.3 is 0 Å². The number of benzene rings is 2. The van der Waals surface area contributed by atoms with E-state index in [1.54, 1.807) is 7.11 Å². The zero-order chi connectivity index (χ0) is 19.6. The maximum Gasteiger partial charge on any atom is 0.251 e. The van der Waals surface area contributed by atoms with E-state index in [2.05, 4.69) is 10.4 Å². The topological polar surface area (TPSA) is 56.1 Å². The first-order valence-corrected chi connectivity index (χ1v) is 8.96. The summed E-state index contributed by atoms with van der Waals surface area (Å²) in [7, 11) is 3.57. The molecule has 0 spiro atoms. The molecule has 0 aliphatic rings. The molecule has 1 N–H and O–H groups in total. The van der Waals surface area contributed by atoms with Gasteiger partial charge in [-0.1, -0.05) is 30.3 Å². The fourth-order valence-corrected chi connectivity index (χ4v) is 3.45. The van der Waals surface area contributed by atoms with Crippen molar-refractivity contribution in [3.63, 3.8) is 0 Å². The number of ether oxygens (including phenoxy) is 1. The van der Waals surface area contributed by atoms with Gasteiger partial charge < -0.3 is 10.1 Å². The van der Waals surface area contributed by atoms with Crippen molar-refractivity contribution in [2.75, 3.05) is 7.11 Å². The highest BCUT2D eigenvalue weighted by Gasteiger charge is 2.19. The van der Waals surface area contributed by atoms with Crippen molar-refractivity contribution in [2.24, 2.45) is 7.05 Å². The molecule has 3 aromatic rings. The summed E-state index contributed by atoms with van der Waals surface area (Å²) in [6.45, 7) is 5.96. The molecular formula is C22H25N3O2. The van der Waals surface area contributed by atoms with Gasteiger partial charge in [-0.15, -0.1) is 0 Å². The lowest BCUT2D eigenvalue weighted by atomic mass is 10.0. The number of aryl methyl sites for hydroxylation is 2. The molecule has 2 aromatic carbocycles. The van der Waals surface area contributed by atoms with Crippen LogP contribution in [0.15, 0.2) is 48.5 Å². The molecule has 0 aliphatic heterocycles. The molecule has 0 aliphatic carbocycles. The molecule has 1 atom stereocenters. The number of para-hydroxylation sites is 1. The van der Waals surface area contributed by atoms with Crippen LogP contribution < -0.4 is 10.1 Å². The van der Waals surface area contributed by atoms with E-state index in [-0.39, 0.29) is 11.9 Å². The molecule has 1 aromatic heterocycles. The molecule has 0 saturated heterocycles. The van der Waals surface area contributed by atoms with Crippen molar-refractivity contribution in [3.8, 4) is 16.9 Å². The van der Waals surface area contributed by atoms with E-state index < -0.39 is 0 Å². The Labute approximate surface area is 160 Å². The Hall–Kier alpha value is -3.08. The number of hydrogen-bond acceptors (Lipinski definition) is 3. The van der Waals surface area contributed by atoms with Crippen LogP contribution >= 0.6 is 0 Å². The first kappa shape index (κ1) is 18.7. The summed E-state index contributed by atoms with van der Waals surface area (Å²) >= 11 is 0. The number of aromatic nitrogens is 2. The minimum Gasteiger partial charge on any atom is -0.496 e. The Morgan fingerprint density at radius 2 is 1.78 bits per heavy atom. The van der Waals surface area contributed by atoms with Crippen molar-refractivity contribution in [1.29, 1.82) is 0 Å². The van der Waals surface area contributed by atoms with Gasteiger partial charge in [0, 0.05) is 29.4 Å². The van der Waals surface area contributed by atoms with E-state index >= 15 is 0 Å². The van der Waals surface area contributed by atoms with Crippen LogP contribution in [0, 0.1) is 13.8 Å². The summed E-state index contributed by atoms with van der Waals surface area (Å²) in [5, 5.41) is 7.50. The third kappa shape index (κ3) is 3.72. The Morgan fingerprint density at radius 3 is 2.37 bits per heavy atom. The monoisotopic (exact) mass is 363 g/mol. The lowest BCUT2D eigenvalue weighted by molar-refractivity contribution is 0.0940. The molecule has 0 saturated carbocycles. The first-order valence-electron chi connectivity index (χ1n) is 8.96. The Morgan fingerprint density at radius 1 is 1.11 bits per heavy atom. The van der Waals surface area contributed by atoms with Crippen LogP contribution in [0.5, 0.6) is 5.75 Å². The van der Waals surface area contributed by atoms with E-state index in [0.29, 0.717) is 5.56 Å². The molecule has 27 heavy (non-hydrogen) atoms. The highest BCUT2D eigenvalue weighted by atomic mass is 16.5. The van der Waals surface area contributed by atoms with E-state index in [1.165, 1.54) is 0 Å². The molecule has 140 valence electrons. The van der Waals surface area contributed by atoms with Gasteiger partial charge in [-0.3, -0.25) is 9.48 Å². The van der Waals surface area contributed by atoms with Gasteiger partial charge in [0.2, 0.25) is 0 Å². The predicted molar refractivity (Wildman–Crippen MR) is 107 cm³/mol. The van der Waals surface area contributed by atoms with Crippen LogP contribution in [-0.2, 0) is 7.05 Å². The molecule has 3 rings (SSSR count). The van der Waals surface area contributed by atoms with Crippen LogP contribution in [0.1, 0.15) is 40.3 Å². The zero-order valence-electron chi connectivity index (χ0n) is 16.4. The molecule has 5 heteroatoms. The quantitative estimate of drug-likeness (QED) is 0.739. The highest BCUT2D eigenvalue weighted by molar-refractivity contribution is 5.95. The molecule has 1 amide bonds. The second-order valence-electron chi connectivity index (χ2n) is 6.68. The number of nitrogens with one attached hydrogen (secondary N) is 1. The summed E-state index contributed by atoms with van der Waals surface area (Å²) in [5.41, 5.74) is 5.70. The Balaban J connectivity index is 1.78. The van der Waals surface area contributed by atoms with Crippen LogP contribution in [0.2, 0.25) is 0 Å². The number of carbonyl (C=O) groups excluding carboxylic acids is 1. The molecule has 5 nitrogen and oxygen atoms in total. The van der Waals surface area contributed by atoms with Crippen molar-refractivity contribution in [1.82, 2.24) is 15.1 Å². The first-order chi connectivity index (χ1) is 12.9. The lowest BCUT2D eigenvalue weighted by Gasteiger charge is -2.15. The largest absolute Gasteiger partial charge is 0.496 e. The van der Waals surface area contributed by atoms with Gasteiger partial charge in [0.15, 0.2) is 0 Å². The van der Waals surface area contributed by atoms with E-state index in [0.717, 1.165) is 33.8 Å². The molecule has 0 fully saturated rings. The number of hydrogen-bond donors (Lipinski definition) is 1. The maximum absolute atomic E-state index is 12.7. The van der Waals surface area contributed by atoms with Gasteiger partial charge in [0.05, 0.1) is 18.8 Å². The molecule has 1 heterocycles. The van der Waals surface area contributed by atoms with Gasteiger partial charge in [0.25, 0.3) is 5.91 Å². The summed E-state index contributed by atoms with van der Waals surface area (Å²) in [6.07, 6.45) is 0. The fraction of sp³-hybridized carbons (Fsp3) is 0.273. The number of nitrogens with zero attached hydrogens (tertiary/aromatic N) is 2. The number of rotatable bonds is 5. The highest BCUT2D eigenvalue weighted by Crippen LogP contribution is 2.29. The van der Waals surface area contributed by atoms with Crippen molar-refractivity contribution in [3.05, 3.63) is 71.0 Å². The van der Waals surface area contributed by atoms with Crippen molar-refractivity contribution >= 4 is 5.91 Å². The molecule has 0 radical (unpaired) electrons. The maximum atomic E-state index is 12.7. The summed E-state index contributed by atoms with van der Waals surface area (Å²) in [6, 6.07) is 15.3. The van der Waals surface area contributed by atoms with Gasteiger partial charge in [-0.05, 0) is 44.5 Å². The van der Waals surface area contributed by atoms with Gasteiger partial charge in [-0.25, -0.2) is 0 Å². The summed E-state index contributed by atoms with van der Waals surface area (Å²) in [5.74, 6) is 0.711. The predicted octanol–water partition coefficient (Wildman–Crippen LogP) is 4.20. The van der Waals surface area contributed by atoms with E-state index in [4.69, 9.17) is 4.74 Å². The standard InChI is InChI=1S/C22H25N3O2/c1-14(21-15(2)24-25(4)16(21)3)23-22(26)18-12-10-17(11-13-18)19-8-6-7-9-20(19)27-5/h6-14H,1-5H3,(H,23,26)/t14-/m0/s1. The van der Waals surface area contributed by atoms with Crippen LogP contribution in [0.4, 0.5) is 0 Å². The SMILES string of the molecule is COc1ccccc1-c1ccc(C(=O)N[C@@H](C)c2c(C)nn(C)c2C)cc1. The van der Waals surface area contributed by atoms with Crippen molar-refractivity contribution < 1.29 is 9.53 Å². The van der Waals surface area contributed by atoms with Crippen molar-refractivity contribution in [2.45, 2.75) is 26.8 Å². The minimum absolute atomic E-state index is 0.100. The average molecular weight is 363 g/mol. The Kier molecular flexibility index (Phi) is 5.31. The minimum atomic E-state index is -0.111. The number of methoxy groups -OCH3 is 1. The fourth-order valence-electron chi connectivity index (χ4n) is 3.45. The second-order valence-corrected chi connectivity index (χ2v) is 6.68. The van der Waals surface area contributed by atoms with E-state index in [1.807, 2.05) is 81.0 Å². The van der Waals surface area contributed by atoms with Gasteiger partial charge in [-0.2, -0.15) is 5.10 Å². The third-order valence-electron chi connectivity index (χ3n) is 4.91. The molecular weight excluding hydrogens is 338 g/mol.